The van der Waals surface area contributed by atoms with Gasteiger partial charge in [0, 0.05) is 13.0 Å². The molecular formula is C9H12O3. The van der Waals surface area contributed by atoms with Crippen LogP contribution in [0.3, 0.4) is 0 Å². The van der Waals surface area contributed by atoms with Crippen LogP contribution in [-0.2, 0) is 9.53 Å². The van der Waals surface area contributed by atoms with Crippen LogP contribution < -0.4 is 0 Å². The number of carbonyl (C=O) groups excluding carboxylic acids is 1. The van der Waals surface area contributed by atoms with Crippen LogP contribution >= 0.6 is 0 Å². The van der Waals surface area contributed by atoms with Crippen LogP contribution in [0, 0.1) is 0 Å². The lowest BCUT2D eigenvalue weighted by atomic mass is 9.82. The Morgan fingerprint density at radius 1 is 1.67 bits per heavy atom. The third kappa shape index (κ3) is 1.19. The summed E-state index contributed by atoms with van der Waals surface area (Å²) in [6.07, 6.45) is 4.65. The third-order valence-corrected chi connectivity index (χ3v) is 2.54. The lowest BCUT2D eigenvalue weighted by molar-refractivity contribution is -0.141. The molecule has 0 aromatic carbocycles. The molecule has 2 aliphatic rings. The summed E-state index contributed by atoms with van der Waals surface area (Å²) in [7, 11) is 0. The summed E-state index contributed by atoms with van der Waals surface area (Å²) in [5.74, 6) is 0.0478. The van der Waals surface area contributed by atoms with Gasteiger partial charge in [-0.2, -0.15) is 0 Å². The molecule has 3 heteroatoms. The molecule has 1 fully saturated rings. The topological polar surface area (TPSA) is 46.5 Å². The van der Waals surface area contributed by atoms with Crippen LogP contribution in [0.5, 0.6) is 0 Å². The van der Waals surface area contributed by atoms with E-state index in [1.165, 1.54) is 6.08 Å². The molecule has 0 amide bonds. The third-order valence-electron chi connectivity index (χ3n) is 2.54. The molecule has 1 aliphatic carbocycles. The molecule has 0 aromatic rings. The highest BCUT2D eigenvalue weighted by molar-refractivity contribution is 5.91. The van der Waals surface area contributed by atoms with E-state index >= 15 is 0 Å². The van der Waals surface area contributed by atoms with Crippen LogP contribution in [0.1, 0.15) is 19.3 Å². The Kier molecular flexibility index (Phi) is 1.77. The monoisotopic (exact) mass is 168 g/mol. The minimum absolute atomic E-state index is 0.0478. The second-order valence-corrected chi connectivity index (χ2v) is 3.46. The van der Waals surface area contributed by atoms with Crippen molar-refractivity contribution in [2.24, 2.45) is 0 Å². The molecule has 2 rings (SSSR count). The molecule has 0 saturated carbocycles. The molecule has 2 atom stereocenters. The van der Waals surface area contributed by atoms with Crippen LogP contribution in [0.25, 0.3) is 0 Å². The normalized spacial score (nSPS) is 41.1. The predicted molar refractivity (Wildman–Crippen MR) is 42.7 cm³/mol. The SMILES string of the molecule is O=C1C=CC2(O)CCCOC2C1. The van der Waals surface area contributed by atoms with Crippen molar-refractivity contribution in [2.75, 3.05) is 6.61 Å². The Labute approximate surface area is 71.0 Å². The van der Waals surface area contributed by atoms with Gasteiger partial charge in [0.2, 0.25) is 0 Å². The Morgan fingerprint density at radius 3 is 3.33 bits per heavy atom. The van der Waals surface area contributed by atoms with Crippen LogP contribution in [0.4, 0.5) is 0 Å². The number of hydrogen-bond acceptors (Lipinski definition) is 3. The summed E-state index contributed by atoms with van der Waals surface area (Å²) in [5, 5.41) is 9.94. The Morgan fingerprint density at radius 2 is 2.50 bits per heavy atom. The molecule has 66 valence electrons. The molecule has 1 saturated heterocycles. The van der Waals surface area contributed by atoms with Gasteiger partial charge in [0.15, 0.2) is 5.78 Å². The number of hydrogen-bond donors (Lipinski definition) is 1. The van der Waals surface area contributed by atoms with Gasteiger partial charge in [-0.05, 0) is 25.0 Å². The summed E-state index contributed by atoms with van der Waals surface area (Å²) < 4.78 is 5.33. The molecule has 3 nitrogen and oxygen atoms in total. The van der Waals surface area contributed by atoms with Gasteiger partial charge in [0.1, 0.15) is 5.60 Å². The second kappa shape index (κ2) is 2.68. The van der Waals surface area contributed by atoms with Crippen molar-refractivity contribution in [2.45, 2.75) is 31.0 Å². The van der Waals surface area contributed by atoms with Gasteiger partial charge in [-0.25, -0.2) is 0 Å². The van der Waals surface area contributed by atoms with E-state index in [2.05, 4.69) is 0 Å². The number of carbonyl (C=O) groups is 1. The zero-order chi connectivity index (χ0) is 8.60. The van der Waals surface area contributed by atoms with E-state index in [0.29, 0.717) is 19.4 Å². The summed E-state index contributed by atoms with van der Waals surface area (Å²) in [6.45, 7) is 0.661. The van der Waals surface area contributed by atoms with Gasteiger partial charge >= 0.3 is 0 Å². The number of allylic oxidation sites excluding steroid dienone is 1. The Balaban J connectivity index is 2.23. The zero-order valence-corrected chi connectivity index (χ0v) is 6.82. The predicted octanol–water partition coefficient (Wildman–Crippen LogP) is 0.425. The van der Waals surface area contributed by atoms with Crippen molar-refractivity contribution < 1.29 is 14.6 Å². The van der Waals surface area contributed by atoms with Gasteiger partial charge in [-0.15, -0.1) is 0 Å². The van der Waals surface area contributed by atoms with Gasteiger partial charge in [-0.3, -0.25) is 4.79 Å². The van der Waals surface area contributed by atoms with Crippen LogP contribution in [0.15, 0.2) is 12.2 Å². The first-order valence-corrected chi connectivity index (χ1v) is 4.27. The van der Waals surface area contributed by atoms with E-state index in [0.717, 1.165) is 6.42 Å². The first kappa shape index (κ1) is 7.95. The van der Waals surface area contributed by atoms with Crippen LogP contribution in [-0.4, -0.2) is 29.2 Å². The van der Waals surface area contributed by atoms with E-state index in [1.54, 1.807) is 6.08 Å². The average molecular weight is 168 g/mol. The maximum absolute atomic E-state index is 11.0. The fourth-order valence-corrected chi connectivity index (χ4v) is 1.80. The van der Waals surface area contributed by atoms with E-state index in [-0.39, 0.29) is 11.9 Å². The first-order valence-electron chi connectivity index (χ1n) is 4.27. The van der Waals surface area contributed by atoms with Gasteiger partial charge in [-0.1, -0.05) is 0 Å². The van der Waals surface area contributed by atoms with Crippen molar-refractivity contribution in [3.05, 3.63) is 12.2 Å². The summed E-state index contributed by atoms with van der Waals surface area (Å²) in [4.78, 5) is 11.0. The van der Waals surface area contributed by atoms with Gasteiger partial charge in [0.25, 0.3) is 0 Å². The minimum Gasteiger partial charge on any atom is -0.383 e. The van der Waals surface area contributed by atoms with E-state index in [4.69, 9.17) is 4.74 Å². The summed E-state index contributed by atoms with van der Waals surface area (Å²) in [5.41, 5.74) is -0.869. The summed E-state index contributed by atoms with van der Waals surface area (Å²) in [6, 6.07) is 0. The first-order chi connectivity index (χ1) is 5.71. The molecular weight excluding hydrogens is 156 g/mol. The zero-order valence-electron chi connectivity index (χ0n) is 6.82. The number of aliphatic hydroxyl groups is 1. The fourth-order valence-electron chi connectivity index (χ4n) is 1.80. The van der Waals surface area contributed by atoms with Crippen molar-refractivity contribution in [3.63, 3.8) is 0 Å². The fraction of sp³-hybridized carbons (Fsp3) is 0.667. The summed E-state index contributed by atoms with van der Waals surface area (Å²) >= 11 is 0. The van der Waals surface area contributed by atoms with Crippen molar-refractivity contribution in [1.82, 2.24) is 0 Å². The van der Waals surface area contributed by atoms with Crippen LogP contribution in [0.2, 0.25) is 0 Å². The molecule has 0 spiro atoms. The largest absolute Gasteiger partial charge is 0.383 e. The Bertz CT molecular complexity index is 234. The van der Waals surface area contributed by atoms with E-state index in [1.807, 2.05) is 0 Å². The molecule has 0 aromatic heterocycles. The minimum atomic E-state index is -0.869. The molecule has 12 heavy (non-hydrogen) atoms. The smallest absolute Gasteiger partial charge is 0.158 e. The maximum atomic E-state index is 11.0. The molecule has 0 bridgehead atoms. The van der Waals surface area contributed by atoms with Gasteiger partial charge in [0.05, 0.1) is 6.10 Å². The van der Waals surface area contributed by atoms with Gasteiger partial charge < -0.3 is 9.84 Å². The molecule has 2 unspecified atom stereocenters. The lowest BCUT2D eigenvalue weighted by Gasteiger charge is -2.39. The quantitative estimate of drug-likeness (QED) is 0.570. The molecule has 1 aliphatic heterocycles. The molecule has 1 heterocycles. The van der Waals surface area contributed by atoms with Crippen molar-refractivity contribution in [3.8, 4) is 0 Å². The highest BCUT2D eigenvalue weighted by Crippen LogP contribution is 2.31. The number of fused-ring (bicyclic) bond motifs is 1. The standard InChI is InChI=1S/C9H12O3/c10-7-2-4-9(11)3-1-5-12-8(9)6-7/h2,4,8,11H,1,3,5-6H2. The van der Waals surface area contributed by atoms with Crippen molar-refractivity contribution in [1.29, 1.82) is 0 Å². The Hall–Kier alpha value is -0.670. The maximum Gasteiger partial charge on any atom is 0.158 e. The second-order valence-electron chi connectivity index (χ2n) is 3.46. The highest BCUT2D eigenvalue weighted by Gasteiger charge is 2.41. The molecule has 0 radical (unpaired) electrons. The number of ketones is 1. The number of rotatable bonds is 0. The van der Waals surface area contributed by atoms with E-state index in [9.17, 15) is 9.90 Å². The highest BCUT2D eigenvalue weighted by atomic mass is 16.5. The molecule has 1 N–H and O–H groups in total. The average Bonchev–Trinajstić information content (AvgIpc) is 2.06. The van der Waals surface area contributed by atoms with E-state index < -0.39 is 5.60 Å². The lowest BCUT2D eigenvalue weighted by Crippen LogP contribution is -2.48. The van der Waals surface area contributed by atoms with Crippen molar-refractivity contribution >= 4 is 5.78 Å². The number of ether oxygens (including phenoxy) is 1.